The fourth-order valence-corrected chi connectivity index (χ4v) is 10.3. The lowest BCUT2D eigenvalue weighted by Gasteiger charge is -2.26. The molecule has 0 N–H and O–H groups in total. The molecule has 0 spiro atoms. The molecule has 2 heterocycles. The van der Waals surface area contributed by atoms with Crippen LogP contribution in [0.1, 0.15) is 0 Å². The minimum absolute atomic E-state index is 1.06. The molecule has 2 nitrogen and oxygen atoms in total. The van der Waals surface area contributed by atoms with Gasteiger partial charge in [-0.2, -0.15) is 0 Å². The van der Waals surface area contributed by atoms with Crippen LogP contribution in [0.25, 0.3) is 84.8 Å². The van der Waals surface area contributed by atoms with Gasteiger partial charge in [-0.05, 0) is 111 Å². The summed E-state index contributed by atoms with van der Waals surface area (Å²) in [4.78, 5) is 7.38. The SMILES string of the molecule is c1ccc(-c2nc3ccc4sc5ccc(-c6ccc(N(c7ccccc7)c7ccc(-c8cc9ccccc9c9ccccc89)cc7)cc6)cc5c4c3s2)cc1. The molecule has 9 aromatic carbocycles. The van der Waals surface area contributed by atoms with Gasteiger partial charge in [0.25, 0.3) is 0 Å². The zero-order valence-electron chi connectivity index (χ0n) is 29.7. The molecule has 4 heteroatoms. The van der Waals surface area contributed by atoms with E-state index in [9.17, 15) is 0 Å². The molecule has 0 radical (unpaired) electrons. The van der Waals surface area contributed by atoms with Gasteiger partial charge in [-0.1, -0.05) is 127 Å². The second-order valence-corrected chi connectivity index (χ2v) is 16.0. The summed E-state index contributed by atoms with van der Waals surface area (Å²) < 4.78 is 3.86. The first-order valence-corrected chi connectivity index (χ1v) is 20.2. The molecule has 0 aliphatic carbocycles. The second kappa shape index (κ2) is 13.1. The summed E-state index contributed by atoms with van der Waals surface area (Å²) in [6.45, 7) is 0. The molecule has 0 unspecified atom stereocenters. The number of hydrogen-bond donors (Lipinski definition) is 0. The first-order valence-electron chi connectivity index (χ1n) is 18.5. The van der Waals surface area contributed by atoms with Crippen molar-refractivity contribution in [3.63, 3.8) is 0 Å². The average Bonchev–Trinajstić information content (AvgIpc) is 3.86. The molecule has 11 rings (SSSR count). The molecule has 0 bridgehead atoms. The predicted octanol–water partition coefficient (Wildman–Crippen LogP) is 15.4. The number of fused-ring (bicyclic) bond motifs is 8. The van der Waals surface area contributed by atoms with Crippen molar-refractivity contribution in [1.29, 1.82) is 0 Å². The number of anilines is 3. The normalized spacial score (nSPS) is 11.6. The molecule has 258 valence electrons. The molecule has 11 aromatic rings. The number of thiophene rings is 1. The van der Waals surface area contributed by atoms with Gasteiger partial charge in [-0.3, -0.25) is 0 Å². The Morgan fingerprint density at radius 3 is 1.75 bits per heavy atom. The Balaban J connectivity index is 0.965. The highest BCUT2D eigenvalue weighted by atomic mass is 32.1. The predicted molar refractivity (Wildman–Crippen MR) is 239 cm³/mol. The molecule has 55 heavy (non-hydrogen) atoms. The number of para-hydroxylation sites is 1. The van der Waals surface area contributed by atoms with E-state index < -0.39 is 0 Å². The topological polar surface area (TPSA) is 16.1 Å². The van der Waals surface area contributed by atoms with Crippen LogP contribution in [-0.2, 0) is 0 Å². The van der Waals surface area contributed by atoms with E-state index in [-0.39, 0.29) is 0 Å². The Bertz CT molecular complexity index is 3180. The van der Waals surface area contributed by atoms with Crippen molar-refractivity contribution in [2.75, 3.05) is 4.90 Å². The lowest BCUT2D eigenvalue weighted by atomic mass is 9.93. The van der Waals surface area contributed by atoms with E-state index in [1.807, 2.05) is 11.3 Å². The van der Waals surface area contributed by atoms with E-state index in [1.54, 1.807) is 11.3 Å². The molecule has 0 atom stereocenters. The Kier molecular flexibility index (Phi) is 7.58. The lowest BCUT2D eigenvalue weighted by molar-refractivity contribution is 1.28. The van der Waals surface area contributed by atoms with Gasteiger partial charge in [0.15, 0.2) is 0 Å². The minimum Gasteiger partial charge on any atom is -0.311 e. The summed E-state index contributed by atoms with van der Waals surface area (Å²) in [5, 5.41) is 8.76. The van der Waals surface area contributed by atoms with Crippen molar-refractivity contribution in [2.45, 2.75) is 0 Å². The van der Waals surface area contributed by atoms with Gasteiger partial charge in [-0.15, -0.1) is 22.7 Å². The van der Waals surface area contributed by atoms with Crippen LogP contribution in [0.5, 0.6) is 0 Å². The first kappa shape index (κ1) is 31.9. The van der Waals surface area contributed by atoms with E-state index in [0.29, 0.717) is 0 Å². The third kappa shape index (κ3) is 5.49. The van der Waals surface area contributed by atoms with Crippen LogP contribution in [0.2, 0.25) is 0 Å². The maximum atomic E-state index is 5.04. The largest absolute Gasteiger partial charge is 0.311 e. The minimum atomic E-state index is 1.06. The summed E-state index contributed by atoms with van der Waals surface area (Å²) in [5.41, 5.74) is 10.4. The van der Waals surface area contributed by atoms with E-state index in [2.05, 4.69) is 199 Å². The third-order valence-corrected chi connectivity index (χ3v) is 13.0. The Labute approximate surface area is 326 Å². The van der Waals surface area contributed by atoms with Gasteiger partial charge >= 0.3 is 0 Å². The number of thiazole rings is 1. The molecular weight excluding hydrogens is 705 g/mol. The molecule has 0 saturated carbocycles. The third-order valence-electron chi connectivity index (χ3n) is 10.7. The Hall–Kier alpha value is -6.59. The smallest absolute Gasteiger partial charge is 0.124 e. The van der Waals surface area contributed by atoms with Gasteiger partial charge < -0.3 is 4.90 Å². The summed E-state index contributed by atoms with van der Waals surface area (Å²) in [7, 11) is 0. The maximum Gasteiger partial charge on any atom is 0.124 e. The van der Waals surface area contributed by atoms with Crippen molar-refractivity contribution in [2.24, 2.45) is 0 Å². The van der Waals surface area contributed by atoms with Crippen molar-refractivity contribution >= 4 is 91.7 Å². The van der Waals surface area contributed by atoms with E-state index in [1.165, 1.54) is 68.7 Å². The highest BCUT2D eigenvalue weighted by Gasteiger charge is 2.17. The highest BCUT2D eigenvalue weighted by Crippen LogP contribution is 2.44. The number of nitrogens with zero attached hydrogens (tertiary/aromatic N) is 2. The summed E-state index contributed by atoms with van der Waals surface area (Å²) in [6, 6.07) is 70.3. The van der Waals surface area contributed by atoms with Crippen LogP contribution >= 0.6 is 22.7 Å². The van der Waals surface area contributed by atoms with Crippen LogP contribution in [0.4, 0.5) is 17.1 Å². The van der Waals surface area contributed by atoms with Crippen LogP contribution in [0.15, 0.2) is 194 Å². The van der Waals surface area contributed by atoms with Crippen LogP contribution in [0.3, 0.4) is 0 Å². The molecule has 2 aromatic heterocycles. The standard InChI is InChI=1S/C51H32N2S2/c1-3-11-35(12-4-1)51-52-46-28-30-48-49(50(46)55-51)45-31-36(23-29-47(45)54-48)33-19-24-39(25-20-33)53(38-14-5-2-6-15-38)40-26-21-34(22-27-40)44-32-37-13-7-8-16-41(37)42-17-9-10-18-43(42)44/h1-32H. The second-order valence-electron chi connectivity index (χ2n) is 13.9. The molecule has 0 amide bonds. The van der Waals surface area contributed by atoms with Gasteiger partial charge in [0.05, 0.1) is 10.2 Å². The summed E-state index contributed by atoms with van der Waals surface area (Å²) >= 11 is 3.65. The highest BCUT2D eigenvalue weighted by molar-refractivity contribution is 7.28. The number of benzene rings is 9. The van der Waals surface area contributed by atoms with Gasteiger partial charge in [-0.25, -0.2) is 4.98 Å². The van der Waals surface area contributed by atoms with Gasteiger partial charge in [0.2, 0.25) is 0 Å². The zero-order valence-corrected chi connectivity index (χ0v) is 31.3. The molecule has 0 aliphatic rings. The van der Waals surface area contributed by atoms with Crippen molar-refractivity contribution in [1.82, 2.24) is 4.98 Å². The molecular formula is C51H32N2S2. The van der Waals surface area contributed by atoms with E-state index >= 15 is 0 Å². The van der Waals surface area contributed by atoms with Crippen molar-refractivity contribution in [3.8, 4) is 32.8 Å². The average molecular weight is 737 g/mol. The van der Waals surface area contributed by atoms with Crippen molar-refractivity contribution in [3.05, 3.63) is 194 Å². The fourth-order valence-electron chi connectivity index (χ4n) is 8.04. The monoisotopic (exact) mass is 736 g/mol. The Morgan fingerprint density at radius 2 is 0.982 bits per heavy atom. The van der Waals surface area contributed by atoms with Crippen LogP contribution < -0.4 is 4.90 Å². The number of rotatable bonds is 6. The van der Waals surface area contributed by atoms with Gasteiger partial charge in [0, 0.05) is 42.8 Å². The first-order chi connectivity index (χ1) is 27.2. The van der Waals surface area contributed by atoms with Crippen LogP contribution in [-0.4, -0.2) is 4.98 Å². The van der Waals surface area contributed by atoms with Crippen molar-refractivity contribution < 1.29 is 0 Å². The van der Waals surface area contributed by atoms with E-state index in [0.717, 1.165) is 33.1 Å². The maximum absolute atomic E-state index is 5.04. The van der Waals surface area contributed by atoms with Crippen LogP contribution in [0, 0.1) is 0 Å². The van der Waals surface area contributed by atoms with E-state index in [4.69, 9.17) is 4.98 Å². The van der Waals surface area contributed by atoms with Gasteiger partial charge in [0.1, 0.15) is 5.01 Å². The number of hydrogen-bond acceptors (Lipinski definition) is 4. The lowest BCUT2D eigenvalue weighted by Crippen LogP contribution is -2.09. The fraction of sp³-hybridized carbons (Fsp3) is 0. The molecule has 0 aliphatic heterocycles. The Morgan fingerprint density at radius 1 is 0.382 bits per heavy atom. The summed E-state index contributed by atoms with van der Waals surface area (Å²) in [6.07, 6.45) is 0. The molecule has 0 fully saturated rings. The zero-order chi connectivity index (χ0) is 36.3. The molecule has 0 saturated heterocycles. The number of aromatic nitrogens is 1. The summed E-state index contributed by atoms with van der Waals surface area (Å²) in [5.74, 6) is 0. The quantitative estimate of drug-likeness (QED) is 0.158.